The van der Waals surface area contributed by atoms with E-state index in [1.165, 1.54) is 7.11 Å². The van der Waals surface area contributed by atoms with E-state index in [-0.39, 0.29) is 0 Å². The number of carbonyl (C=O) groups excluding carboxylic acids is 2. The fourth-order valence-electron chi connectivity index (χ4n) is 2.55. The molecule has 2 heterocycles. The number of methoxy groups -OCH3 is 1. The Balaban J connectivity index is 2.34. The smallest absolute Gasteiger partial charge is 0.427 e. The van der Waals surface area contributed by atoms with E-state index >= 15 is 0 Å². The average molecular weight is 304 g/mol. The number of ether oxygens (including phenoxy) is 5. The molecule has 0 amide bonds. The van der Waals surface area contributed by atoms with E-state index in [1.54, 1.807) is 6.92 Å². The standard InChI is InChI=1S/C13H20O8/c1-6-7(19-10(14)18-6)13(16,17-5)9-8(12(2,3)4)20-11(15)21-9/h6-9,16H,1-5H3. The normalized spacial score (nSPS) is 35.5. The van der Waals surface area contributed by atoms with Crippen molar-refractivity contribution in [1.82, 2.24) is 0 Å². The summed E-state index contributed by atoms with van der Waals surface area (Å²) in [5.41, 5.74) is -0.518. The van der Waals surface area contributed by atoms with Gasteiger partial charge in [-0.05, 0) is 6.92 Å². The van der Waals surface area contributed by atoms with Crippen LogP contribution in [0.15, 0.2) is 0 Å². The molecule has 2 aliphatic rings. The summed E-state index contributed by atoms with van der Waals surface area (Å²) >= 11 is 0. The second-order valence-corrected chi connectivity index (χ2v) is 6.26. The van der Waals surface area contributed by atoms with Crippen molar-refractivity contribution in [2.75, 3.05) is 7.11 Å². The highest BCUT2D eigenvalue weighted by Gasteiger charge is 2.63. The van der Waals surface area contributed by atoms with Crippen LogP contribution < -0.4 is 0 Å². The zero-order chi connectivity index (χ0) is 16.0. The van der Waals surface area contributed by atoms with Crippen LogP contribution in [0.5, 0.6) is 0 Å². The van der Waals surface area contributed by atoms with Crippen molar-refractivity contribution in [3.63, 3.8) is 0 Å². The van der Waals surface area contributed by atoms with Crippen LogP contribution in [0.1, 0.15) is 27.7 Å². The summed E-state index contributed by atoms with van der Waals surface area (Å²) in [4.78, 5) is 22.7. The van der Waals surface area contributed by atoms with Gasteiger partial charge in [0, 0.05) is 12.5 Å². The Bertz CT molecular complexity index is 442. The molecule has 0 radical (unpaired) electrons. The molecule has 0 aromatic carbocycles. The number of aliphatic hydroxyl groups is 1. The minimum Gasteiger partial charge on any atom is -0.427 e. The van der Waals surface area contributed by atoms with E-state index in [1.807, 2.05) is 20.8 Å². The first kappa shape index (κ1) is 15.8. The van der Waals surface area contributed by atoms with E-state index in [0.717, 1.165) is 0 Å². The van der Waals surface area contributed by atoms with Crippen LogP contribution in [0.2, 0.25) is 0 Å². The summed E-state index contributed by atoms with van der Waals surface area (Å²) in [6.07, 6.45) is -5.66. The van der Waals surface area contributed by atoms with Gasteiger partial charge < -0.3 is 28.8 Å². The zero-order valence-electron chi connectivity index (χ0n) is 12.6. The zero-order valence-corrected chi connectivity index (χ0v) is 12.6. The van der Waals surface area contributed by atoms with E-state index in [4.69, 9.17) is 23.7 Å². The molecule has 0 aromatic rings. The highest BCUT2D eigenvalue weighted by atomic mass is 16.8. The maximum absolute atomic E-state index is 11.5. The van der Waals surface area contributed by atoms with Gasteiger partial charge in [0.05, 0.1) is 0 Å². The van der Waals surface area contributed by atoms with Crippen molar-refractivity contribution in [2.45, 2.75) is 57.9 Å². The average Bonchev–Trinajstić information content (AvgIpc) is 2.91. The molecule has 21 heavy (non-hydrogen) atoms. The first-order valence-corrected chi connectivity index (χ1v) is 6.61. The first-order chi connectivity index (χ1) is 9.59. The number of carbonyl (C=O) groups is 2. The molecular weight excluding hydrogens is 284 g/mol. The van der Waals surface area contributed by atoms with Crippen LogP contribution in [0.25, 0.3) is 0 Å². The van der Waals surface area contributed by atoms with E-state index in [0.29, 0.717) is 0 Å². The van der Waals surface area contributed by atoms with Crippen molar-refractivity contribution in [3.8, 4) is 0 Å². The summed E-state index contributed by atoms with van der Waals surface area (Å²) in [6.45, 7) is 7.01. The maximum Gasteiger partial charge on any atom is 0.509 e. The van der Waals surface area contributed by atoms with Gasteiger partial charge in [-0.1, -0.05) is 20.8 Å². The van der Waals surface area contributed by atoms with Gasteiger partial charge in [0.25, 0.3) is 0 Å². The molecule has 5 atom stereocenters. The third-order valence-electron chi connectivity index (χ3n) is 3.65. The lowest BCUT2D eigenvalue weighted by atomic mass is 9.81. The molecule has 8 nitrogen and oxygen atoms in total. The lowest BCUT2D eigenvalue weighted by Gasteiger charge is -2.39. The van der Waals surface area contributed by atoms with Gasteiger partial charge in [-0.15, -0.1) is 0 Å². The molecule has 2 fully saturated rings. The summed E-state index contributed by atoms with van der Waals surface area (Å²) in [6, 6.07) is 0. The lowest BCUT2D eigenvalue weighted by molar-refractivity contribution is -0.291. The van der Waals surface area contributed by atoms with Crippen LogP contribution in [0.4, 0.5) is 9.59 Å². The first-order valence-electron chi connectivity index (χ1n) is 6.61. The SMILES string of the molecule is COC(O)(C1OC(=O)OC1C)C1OC(=O)OC1C(C)(C)C. The Labute approximate surface area is 122 Å². The summed E-state index contributed by atoms with van der Waals surface area (Å²) < 4.78 is 25.1. The fraction of sp³-hybridized carbons (Fsp3) is 0.846. The van der Waals surface area contributed by atoms with Crippen LogP contribution in [0, 0.1) is 5.41 Å². The quantitative estimate of drug-likeness (QED) is 0.613. The number of hydrogen-bond acceptors (Lipinski definition) is 8. The molecule has 2 saturated heterocycles. The molecule has 5 unspecified atom stereocenters. The van der Waals surface area contributed by atoms with Gasteiger partial charge >= 0.3 is 12.3 Å². The Morgan fingerprint density at radius 2 is 1.43 bits per heavy atom. The summed E-state index contributed by atoms with van der Waals surface area (Å²) in [5.74, 6) is -2.07. The maximum atomic E-state index is 11.5. The summed E-state index contributed by atoms with van der Waals surface area (Å²) in [7, 11) is 1.23. The Hall–Kier alpha value is -1.54. The molecule has 0 saturated carbocycles. The number of rotatable bonds is 3. The van der Waals surface area contributed by atoms with Crippen LogP contribution in [0.3, 0.4) is 0 Å². The second-order valence-electron chi connectivity index (χ2n) is 6.26. The largest absolute Gasteiger partial charge is 0.509 e. The van der Waals surface area contributed by atoms with Crippen molar-refractivity contribution in [3.05, 3.63) is 0 Å². The van der Waals surface area contributed by atoms with E-state index < -0.39 is 47.9 Å². The molecule has 0 bridgehead atoms. The van der Waals surface area contributed by atoms with E-state index in [2.05, 4.69) is 0 Å². The van der Waals surface area contributed by atoms with Crippen molar-refractivity contribution < 1.29 is 38.4 Å². The minimum atomic E-state index is -2.07. The Morgan fingerprint density at radius 1 is 0.952 bits per heavy atom. The highest BCUT2D eigenvalue weighted by molar-refractivity contribution is 5.64. The highest BCUT2D eigenvalue weighted by Crippen LogP contribution is 2.40. The minimum absolute atomic E-state index is 0.518. The monoisotopic (exact) mass is 304 g/mol. The molecule has 2 rings (SSSR count). The molecule has 8 heteroatoms. The predicted octanol–water partition coefficient (Wildman–Crippen LogP) is 1.20. The van der Waals surface area contributed by atoms with E-state index in [9.17, 15) is 14.7 Å². The molecule has 2 aliphatic heterocycles. The van der Waals surface area contributed by atoms with Crippen molar-refractivity contribution in [2.24, 2.45) is 5.41 Å². The molecule has 0 aliphatic carbocycles. The van der Waals surface area contributed by atoms with Gasteiger partial charge in [0.2, 0.25) is 11.9 Å². The molecule has 0 spiro atoms. The Morgan fingerprint density at radius 3 is 1.86 bits per heavy atom. The number of hydrogen-bond donors (Lipinski definition) is 1. The van der Waals surface area contributed by atoms with Gasteiger partial charge in [-0.2, -0.15) is 0 Å². The van der Waals surface area contributed by atoms with Crippen molar-refractivity contribution in [1.29, 1.82) is 0 Å². The van der Waals surface area contributed by atoms with Gasteiger partial charge in [0.15, 0.2) is 12.2 Å². The van der Waals surface area contributed by atoms with Crippen LogP contribution in [-0.2, 0) is 23.7 Å². The Kier molecular flexibility index (Phi) is 3.79. The third kappa shape index (κ3) is 2.65. The van der Waals surface area contributed by atoms with Gasteiger partial charge in [-0.3, -0.25) is 0 Å². The third-order valence-corrected chi connectivity index (χ3v) is 3.65. The molecular formula is C13H20O8. The predicted molar refractivity (Wildman–Crippen MR) is 67.4 cm³/mol. The second kappa shape index (κ2) is 5.03. The fourth-order valence-corrected chi connectivity index (χ4v) is 2.55. The molecule has 1 N–H and O–H groups in total. The lowest BCUT2D eigenvalue weighted by Crippen LogP contribution is -2.61. The molecule has 0 aromatic heterocycles. The topological polar surface area (TPSA) is 101 Å². The molecule has 120 valence electrons. The van der Waals surface area contributed by atoms with Crippen LogP contribution >= 0.6 is 0 Å². The van der Waals surface area contributed by atoms with Gasteiger partial charge in [-0.25, -0.2) is 9.59 Å². The van der Waals surface area contributed by atoms with Crippen LogP contribution in [-0.4, -0.2) is 54.7 Å². The number of cyclic esters (lactones) is 4. The van der Waals surface area contributed by atoms with Crippen molar-refractivity contribution >= 4 is 12.3 Å². The summed E-state index contributed by atoms with van der Waals surface area (Å²) in [5, 5.41) is 10.8. The van der Waals surface area contributed by atoms with Gasteiger partial charge in [0.1, 0.15) is 6.10 Å².